The molecule has 0 radical (unpaired) electrons. The molecule has 2 rings (SSSR count). The van der Waals surface area contributed by atoms with Gasteiger partial charge in [-0.3, -0.25) is 4.99 Å². The minimum atomic E-state index is 0. The van der Waals surface area contributed by atoms with Gasteiger partial charge < -0.3 is 19.4 Å². The summed E-state index contributed by atoms with van der Waals surface area (Å²) in [5.41, 5.74) is 1.21. The van der Waals surface area contributed by atoms with Crippen molar-refractivity contribution in [3.63, 3.8) is 0 Å². The fourth-order valence-electron chi connectivity index (χ4n) is 2.15. The highest BCUT2D eigenvalue weighted by Crippen LogP contribution is 2.14. The van der Waals surface area contributed by atoms with Gasteiger partial charge in [0.15, 0.2) is 5.96 Å². The molecule has 0 unspecified atom stereocenters. The predicted molar refractivity (Wildman–Crippen MR) is 103 cm³/mol. The molecule has 8 heteroatoms. The number of halogens is 2. The lowest BCUT2D eigenvalue weighted by atomic mass is 10.4. The monoisotopic (exact) mass is 480 g/mol. The molecule has 6 nitrogen and oxygen atoms in total. The Hall–Kier alpha value is -1.03. The third-order valence-corrected chi connectivity index (χ3v) is 3.81. The number of nitrogens with zero attached hydrogens (tertiary/aromatic N) is 5. The quantitative estimate of drug-likeness (QED) is 0.415. The van der Waals surface area contributed by atoms with Crippen LogP contribution >= 0.6 is 39.9 Å². The largest absolute Gasteiger partial charge is 0.352 e. The van der Waals surface area contributed by atoms with E-state index in [9.17, 15) is 0 Å². The van der Waals surface area contributed by atoms with Crippen LogP contribution in [0.5, 0.6) is 0 Å². The Morgan fingerprint density at radius 3 is 2.64 bits per heavy atom. The predicted octanol–water partition coefficient (Wildman–Crippen LogP) is 2.35. The maximum absolute atomic E-state index is 4.32. The second-order valence-corrected chi connectivity index (χ2v) is 5.89. The molecule has 0 saturated heterocycles. The van der Waals surface area contributed by atoms with Crippen LogP contribution in [0.25, 0.3) is 0 Å². The summed E-state index contributed by atoms with van der Waals surface area (Å²) in [4.78, 5) is 10.7. The maximum atomic E-state index is 4.32. The van der Waals surface area contributed by atoms with E-state index in [0.717, 1.165) is 22.8 Å². The Balaban J connectivity index is 0.00000242. The highest BCUT2D eigenvalue weighted by Gasteiger charge is 2.10. The van der Waals surface area contributed by atoms with Gasteiger partial charge in [-0.05, 0) is 22.0 Å². The Labute approximate surface area is 156 Å². The number of rotatable bonds is 4. The third kappa shape index (κ3) is 4.73. The molecule has 2 aromatic rings. The molecule has 0 aliphatic rings. The lowest BCUT2D eigenvalue weighted by molar-refractivity contribution is 0.460. The minimum absolute atomic E-state index is 0. The third-order valence-electron chi connectivity index (χ3n) is 3.37. The number of guanidine groups is 1. The second kappa shape index (κ2) is 8.56. The SMILES string of the molecule is CN=C(NCc1nccn1C)N(C)Cc1cc(Br)cn1C.I. The van der Waals surface area contributed by atoms with Crippen LogP contribution in [0.4, 0.5) is 0 Å². The zero-order valence-corrected chi connectivity index (χ0v) is 17.2. The number of hydrogen-bond acceptors (Lipinski definition) is 2. The van der Waals surface area contributed by atoms with Crippen molar-refractivity contribution in [3.05, 3.63) is 40.6 Å². The van der Waals surface area contributed by atoms with Gasteiger partial charge in [-0.2, -0.15) is 0 Å². The minimum Gasteiger partial charge on any atom is -0.352 e. The van der Waals surface area contributed by atoms with Crippen molar-refractivity contribution in [2.24, 2.45) is 19.1 Å². The van der Waals surface area contributed by atoms with Gasteiger partial charge in [-0.25, -0.2) is 4.98 Å². The van der Waals surface area contributed by atoms with E-state index in [0.29, 0.717) is 6.54 Å². The van der Waals surface area contributed by atoms with E-state index in [4.69, 9.17) is 0 Å². The first-order valence-corrected chi connectivity index (χ1v) is 7.49. The van der Waals surface area contributed by atoms with Crippen LogP contribution in [0.2, 0.25) is 0 Å². The van der Waals surface area contributed by atoms with Crippen LogP contribution in [-0.4, -0.2) is 39.1 Å². The second-order valence-electron chi connectivity index (χ2n) is 4.97. The van der Waals surface area contributed by atoms with Gasteiger partial charge in [0.25, 0.3) is 0 Å². The molecule has 122 valence electrons. The number of aromatic nitrogens is 3. The molecule has 2 aromatic heterocycles. The van der Waals surface area contributed by atoms with Crippen molar-refractivity contribution >= 4 is 45.9 Å². The molecule has 22 heavy (non-hydrogen) atoms. The Bertz CT molecular complexity index is 633. The molecule has 0 bridgehead atoms. The molecule has 0 aromatic carbocycles. The first-order valence-electron chi connectivity index (χ1n) is 6.70. The normalized spacial score (nSPS) is 11.2. The molecule has 1 N–H and O–H groups in total. The number of aliphatic imine (C=N–C) groups is 1. The van der Waals surface area contributed by atoms with Crippen molar-refractivity contribution in [1.82, 2.24) is 24.3 Å². The Morgan fingerprint density at radius 1 is 1.41 bits per heavy atom. The molecule has 0 fully saturated rings. The summed E-state index contributed by atoms with van der Waals surface area (Å²) in [5.74, 6) is 1.82. The van der Waals surface area contributed by atoms with Gasteiger partial charge in [-0.1, -0.05) is 0 Å². The van der Waals surface area contributed by atoms with Gasteiger partial charge >= 0.3 is 0 Å². The van der Waals surface area contributed by atoms with Crippen LogP contribution in [0.15, 0.2) is 34.1 Å². The number of nitrogens with one attached hydrogen (secondary N) is 1. The van der Waals surface area contributed by atoms with Gasteiger partial charge in [-0.15, -0.1) is 24.0 Å². The van der Waals surface area contributed by atoms with Gasteiger partial charge in [0, 0.05) is 56.9 Å². The van der Waals surface area contributed by atoms with E-state index in [1.54, 1.807) is 13.2 Å². The van der Waals surface area contributed by atoms with Gasteiger partial charge in [0.05, 0.1) is 13.1 Å². The lowest BCUT2D eigenvalue weighted by Crippen LogP contribution is -2.38. The number of hydrogen-bond donors (Lipinski definition) is 1. The van der Waals surface area contributed by atoms with Crippen molar-refractivity contribution in [1.29, 1.82) is 0 Å². The van der Waals surface area contributed by atoms with E-state index in [2.05, 4.69) is 46.8 Å². The summed E-state index contributed by atoms with van der Waals surface area (Å²) in [6.07, 6.45) is 5.78. The van der Waals surface area contributed by atoms with E-state index < -0.39 is 0 Å². The summed E-state index contributed by atoms with van der Waals surface area (Å²) < 4.78 is 5.19. The van der Waals surface area contributed by atoms with Crippen molar-refractivity contribution in [2.75, 3.05) is 14.1 Å². The highest BCUT2D eigenvalue weighted by molar-refractivity contribution is 14.0. The summed E-state index contributed by atoms with van der Waals surface area (Å²) in [6.45, 7) is 1.43. The topological polar surface area (TPSA) is 50.4 Å². The molecular weight excluding hydrogens is 459 g/mol. The fraction of sp³-hybridized carbons (Fsp3) is 0.429. The number of imidazole rings is 1. The van der Waals surface area contributed by atoms with E-state index in [1.165, 1.54) is 5.69 Å². The van der Waals surface area contributed by atoms with Crippen molar-refractivity contribution < 1.29 is 0 Å². The number of aryl methyl sites for hydroxylation is 2. The highest BCUT2D eigenvalue weighted by atomic mass is 127. The smallest absolute Gasteiger partial charge is 0.194 e. The molecular formula is C14H22BrIN6. The zero-order valence-electron chi connectivity index (χ0n) is 13.2. The first kappa shape index (κ1) is 19.0. The standard InChI is InChI=1S/C14H21BrN6.HI/c1-16-14(18-8-13-17-5-6-19(13)2)21(4)10-12-7-11(15)9-20(12)3;/h5-7,9H,8,10H2,1-4H3,(H,16,18);1H. The average molecular weight is 481 g/mol. The van der Waals surface area contributed by atoms with Gasteiger partial charge in [0.1, 0.15) is 5.82 Å². The van der Waals surface area contributed by atoms with Crippen LogP contribution in [-0.2, 0) is 27.2 Å². The molecule has 0 atom stereocenters. The van der Waals surface area contributed by atoms with Gasteiger partial charge in [0.2, 0.25) is 0 Å². The fourth-order valence-corrected chi connectivity index (χ4v) is 2.72. The summed E-state index contributed by atoms with van der Waals surface area (Å²) in [7, 11) is 7.84. The van der Waals surface area contributed by atoms with Crippen molar-refractivity contribution in [3.8, 4) is 0 Å². The van der Waals surface area contributed by atoms with Crippen LogP contribution in [0, 0.1) is 0 Å². The molecule has 0 saturated carbocycles. The van der Waals surface area contributed by atoms with Crippen LogP contribution in [0.1, 0.15) is 11.5 Å². The Morgan fingerprint density at radius 2 is 2.14 bits per heavy atom. The van der Waals surface area contributed by atoms with Crippen LogP contribution in [0.3, 0.4) is 0 Å². The summed E-state index contributed by atoms with van der Waals surface area (Å²) >= 11 is 3.50. The van der Waals surface area contributed by atoms with E-state index in [1.807, 2.05) is 38.1 Å². The first-order chi connectivity index (χ1) is 10.0. The molecule has 0 aliphatic heterocycles. The lowest BCUT2D eigenvalue weighted by Gasteiger charge is -2.22. The van der Waals surface area contributed by atoms with Crippen LogP contribution < -0.4 is 5.32 Å². The Kier molecular flexibility index (Phi) is 7.40. The van der Waals surface area contributed by atoms with E-state index >= 15 is 0 Å². The summed E-state index contributed by atoms with van der Waals surface area (Å²) in [5, 5.41) is 3.33. The molecule has 0 amide bonds. The maximum Gasteiger partial charge on any atom is 0.194 e. The molecule has 2 heterocycles. The molecule has 0 aliphatic carbocycles. The zero-order chi connectivity index (χ0) is 15.4. The van der Waals surface area contributed by atoms with Crippen molar-refractivity contribution in [2.45, 2.75) is 13.1 Å². The van der Waals surface area contributed by atoms with E-state index in [-0.39, 0.29) is 24.0 Å². The molecule has 0 spiro atoms. The average Bonchev–Trinajstić information content (AvgIpc) is 2.97. The summed E-state index contributed by atoms with van der Waals surface area (Å²) in [6, 6.07) is 2.11.